The first-order chi connectivity index (χ1) is 10.7. The van der Waals surface area contributed by atoms with Gasteiger partial charge >= 0.3 is 0 Å². The quantitative estimate of drug-likeness (QED) is 0.806. The standard InChI is InChI=1S/C16H18ClFN2OS/c17-16-20-10-13(22-16)9-19-14-8-11(18)6-7-15(14)21-12-4-2-1-3-5-12/h6-8,10,12,19H,1-5,9H2. The number of thiazole rings is 1. The highest BCUT2D eigenvalue weighted by molar-refractivity contribution is 7.15. The average Bonchev–Trinajstić information content (AvgIpc) is 2.94. The van der Waals surface area contributed by atoms with Crippen LogP contribution in [-0.4, -0.2) is 11.1 Å². The number of ether oxygens (including phenoxy) is 1. The van der Waals surface area contributed by atoms with Gasteiger partial charge < -0.3 is 10.1 Å². The van der Waals surface area contributed by atoms with Crippen molar-refractivity contribution in [3.8, 4) is 5.75 Å². The molecule has 1 N–H and O–H groups in total. The highest BCUT2D eigenvalue weighted by Gasteiger charge is 2.17. The molecule has 1 heterocycles. The Hall–Kier alpha value is -1.33. The summed E-state index contributed by atoms with van der Waals surface area (Å²) in [5.74, 6) is 0.435. The summed E-state index contributed by atoms with van der Waals surface area (Å²) in [6, 6.07) is 4.61. The third-order valence-electron chi connectivity index (χ3n) is 3.77. The fourth-order valence-electron chi connectivity index (χ4n) is 2.65. The first-order valence-corrected chi connectivity index (χ1v) is 8.70. The van der Waals surface area contributed by atoms with Crippen LogP contribution >= 0.6 is 22.9 Å². The zero-order valence-electron chi connectivity index (χ0n) is 12.1. The van der Waals surface area contributed by atoms with Crippen LogP contribution in [0, 0.1) is 5.82 Å². The van der Waals surface area contributed by atoms with E-state index in [4.69, 9.17) is 16.3 Å². The van der Waals surface area contributed by atoms with Crippen LogP contribution in [0.2, 0.25) is 4.47 Å². The molecule has 1 aliphatic rings. The highest BCUT2D eigenvalue weighted by Crippen LogP contribution is 2.31. The molecule has 0 unspecified atom stereocenters. The number of rotatable bonds is 5. The Kier molecular flexibility index (Phi) is 5.16. The lowest BCUT2D eigenvalue weighted by molar-refractivity contribution is 0.155. The molecule has 2 aromatic rings. The van der Waals surface area contributed by atoms with Crippen molar-refractivity contribution in [1.82, 2.24) is 4.98 Å². The topological polar surface area (TPSA) is 34.1 Å². The van der Waals surface area contributed by atoms with Crippen LogP contribution in [0.5, 0.6) is 5.75 Å². The third-order valence-corrected chi connectivity index (χ3v) is 4.88. The summed E-state index contributed by atoms with van der Waals surface area (Å²) in [7, 11) is 0. The zero-order valence-corrected chi connectivity index (χ0v) is 13.7. The molecule has 0 amide bonds. The van der Waals surface area contributed by atoms with Crippen LogP contribution in [0.1, 0.15) is 37.0 Å². The maximum absolute atomic E-state index is 13.5. The smallest absolute Gasteiger partial charge is 0.183 e. The molecule has 0 saturated heterocycles. The molecule has 1 aromatic heterocycles. The molecule has 118 valence electrons. The Bertz CT molecular complexity index is 628. The van der Waals surface area contributed by atoms with Gasteiger partial charge in [-0.2, -0.15) is 0 Å². The van der Waals surface area contributed by atoms with E-state index in [2.05, 4.69) is 10.3 Å². The van der Waals surface area contributed by atoms with Crippen molar-refractivity contribution in [3.63, 3.8) is 0 Å². The van der Waals surface area contributed by atoms with Gasteiger partial charge in [-0.1, -0.05) is 18.0 Å². The summed E-state index contributed by atoms with van der Waals surface area (Å²) in [6.07, 6.45) is 7.78. The SMILES string of the molecule is Fc1ccc(OC2CCCCC2)c(NCc2cnc(Cl)s2)c1. The van der Waals surface area contributed by atoms with Gasteiger partial charge in [0.05, 0.1) is 18.3 Å². The number of hydrogen-bond donors (Lipinski definition) is 1. The van der Waals surface area contributed by atoms with E-state index in [0.29, 0.717) is 22.4 Å². The van der Waals surface area contributed by atoms with E-state index in [-0.39, 0.29) is 11.9 Å². The second kappa shape index (κ2) is 7.29. The Balaban J connectivity index is 1.69. The van der Waals surface area contributed by atoms with E-state index in [0.717, 1.165) is 17.7 Å². The van der Waals surface area contributed by atoms with E-state index in [1.807, 2.05) is 0 Å². The number of benzene rings is 1. The molecule has 0 spiro atoms. The van der Waals surface area contributed by atoms with Crippen molar-refractivity contribution in [2.24, 2.45) is 0 Å². The van der Waals surface area contributed by atoms with Gasteiger partial charge in [-0.15, -0.1) is 11.3 Å². The van der Waals surface area contributed by atoms with Crippen molar-refractivity contribution < 1.29 is 9.13 Å². The zero-order chi connectivity index (χ0) is 15.4. The first kappa shape index (κ1) is 15.6. The second-order valence-corrected chi connectivity index (χ2v) is 7.15. The summed E-state index contributed by atoms with van der Waals surface area (Å²) >= 11 is 7.23. The van der Waals surface area contributed by atoms with Crippen molar-refractivity contribution in [2.75, 3.05) is 5.32 Å². The molecule has 1 aliphatic carbocycles. The summed E-state index contributed by atoms with van der Waals surface area (Å²) in [6.45, 7) is 0.550. The van der Waals surface area contributed by atoms with Gasteiger partial charge in [0.15, 0.2) is 4.47 Å². The van der Waals surface area contributed by atoms with Gasteiger partial charge in [-0.3, -0.25) is 0 Å². The molecule has 0 atom stereocenters. The predicted molar refractivity (Wildman–Crippen MR) is 88.4 cm³/mol. The van der Waals surface area contributed by atoms with Crippen molar-refractivity contribution >= 4 is 28.6 Å². The maximum atomic E-state index is 13.5. The molecule has 0 bridgehead atoms. The van der Waals surface area contributed by atoms with Gasteiger partial charge in [-0.25, -0.2) is 9.37 Å². The van der Waals surface area contributed by atoms with Crippen LogP contribution in [0.15, 0.2) is 24.4 Å². The van der Waals surface area contributed by atoms with Crippen LogP contribution in [0.4, 0.5) is 10.1 Å². The lowest BCUT2D eigenvalue weighted by Crippen LogP contribution is -2.20. The Labute approximate surface area is 138 Å². The molecule has 3 rings (SSSR count). The van der Waals surface area contributed by atoms with E-state index in [1.54, 1.807) is 12.3 Å². The first-order valence-electron chi connectivity index (χ1n) is 7.51. The minimum atomic E-state index is -0.277. The molecule has 22 heavy (non-hydrogen) atoms. The fourth-order valence-corrected chi connectivity index (χ4v) is 3.57. The van der Waals surface area contributed by atoms with Gasteiger partial charge in [0.2, 0.25) is 0 Å². The number of nitrogens with one attached hydrogen (secondary N) is 1. The minimum absolute atomic E-state index is 0.234. The second-order valence-electron chi connectivity index (χ2n) is 5.45. The molecule has 0 radical (unpaired) electrons. The van der Waals surface area contributed by atoms with Crippen molar-refractivity contribution in [3.05, 3.63) is 39.6 Å². The summed E-state index contributed by atoms with van der Waals surface area (Å²) in [5.41, 5.74) is 0.676. The van der Waals surface area contributed by atoms with Crippen LogP contribution < -0.4 is 10.1 Å². The van der Waals surface area contributed by atoms with Crippen LogP contribution in [-0.2, 0) is 6.54 Å². The number of anilines is 1. The maximum Gasteiger partial charge on any atom is 0.183 e. The van der Waals surface area contributed by atoms with E-state index < -0.39 is 0 Å². The molecular weight excluding hydrogens is 323 g/mol. The molecule has 1 aromatic carbocycles. The van der Waals surface area contributed by atoms with Crippen molar-refractivity contribution in [1.29, 1.82) is 0 Å². The Morgan fingerprint density at radius 2 is 2.14 bits per heavy atom. The third kappa shape index (κ3) is 4.11. The number of aromatic nitrogens is 1. The van der Waals surface area contributed by atoms with Gasteiger partial charge in [0.25, 0.3) is 0 Å². The summed E-state index contributed by atoms with van der Waals surface area (Å²) < 4.78 is 20.1. The fraction of sp³-hybridized carbons (Fsp3) is 0.438. The van der Waals surface area contributed by atoms with E-state index >= 15 is 0 Å². The Morgan fingerprint density at radius 1 is 1.32 bits per heavy atom. The summed E-state index contributed by atoms with van der Waals surface area (Å²) in [4.78, 5) is 5.00. The van der Waals surface area contributed by atoms with Crippen LogP contribution in [0.25, 0.3) is 0 Å². The molecule has 1 saturated carbocycles. The highest BCUT2D eigenvalue weighted by atomic mass is 35.5. The average molecular weight is 341 g/mol. The summed E-state index contributed by atoms with van der Waals surface area (Å²) in [5, 5.41) is 3.22. The van der Waals surface area contributed by atoms with Gasteiger partial charge in [0, 0.05) is 17.1 Å². The molecule has 1 fully saturated rings. The molecule has 3 nitrogen and oxygen atoms in total. The van der Waals surface area contributed by atoms with Gasteiger partial charge in [0.1, 0.15) is 11.6 Å². The van der Waals surface area contributed by atoms with Crippen molar-refractivity contribution in [2.45, 2.75) is 44.8 Å². The lowest BCUT2D eigenvalue weighted by Gasteiger charge is -2.24. The Morgan fingerprint density at radius 3 is 2.86 bits per heavy atom. The molecule has 6 heteroatoms. The van der Waals surface area contributed by atoms with Gasteiger partial charge in [-0.05, 0) is 37.8 Å². The normalized spacial score (nSPS) is 15.7. The minimum Gasteiger partial charge on any atom is -0.488 e. The molecule has 0 aliphatic heterocycles. The lowest BCUT2D eigenvalue weighted by atomic mass is 9.98. The van der Waals surface area contributed by atoms with Crippen LogP contribution in [0.3, 0.4) is 0 Å². The van der Waals surface area contributed by atoms with E-state index in [9.17, 15) is 4.39 Å². The number of halogens is 2. The largest absolute Gasteiger partial charge is 0.488 e. The number of hydrogen-bond acceptors (Lipinski definition) is 4. The van der Waals surface area contributed by atoms with E-state index in [1.165, 1.54) is 42.7 Å². The molecular formula is C16H18ClFN2OS. The predicted octanol–water partition coefficient (Wildman–Crippen LogP) is 5.26. The monoisotopic (exact) mass is 340 g/mol. The number of nitrogens with zero attached hydrogens (tertiary/aromatic N) is 1.